The predicted molar refractivity (Wildman–Crippen MR) is 348 cm³/mol. The van der Waals surface area contributed by atoms with Crippen LogP contribution in [0.25, 0.3) is 0 Å². The Morgan fingerprint density at radius 2 is 0.487 bits per heavy atom. The van der Waals surface area contributed by atoms with Gasteiger partial charge in [-0.3, -0.25) is 14.4 Å². The molecule has 0 fully saturated rings. The van der Waals surface area contributed by atoms with Gasteiger partial charge in [0.05, 0.1) is 0 Å². The zero-order valence-corrected chi connectivity index (χ0v) is 53.1. The molecule has 0 spiro atoms. The van der Waals surface area contributed by atoms with Crippen LogP contribution in [0.3, 0.4) is 0 Å². The van der Waals surface area contributed by atoms with Crippen molar-refractivity contribution in [2.24, 2.45) is 0 Å². The Balaban J connectivity index is 4.16. The summed E-state index contributed by atoms with van der Waals surface area (Å²) in [5, 5.41) is 0. The van der Waals surface area contributed by atoms with Gasteiger partial charge in [0.2, 0.25) is 0 Å². The molecule has 0 aliphatic carbocycles. The van der Waals surface area contributed by atoms with E-state index >= 15 is 0 Å². The molecule has 462 valence electrons. The molecule has 0 aliphatic rings. The van der Waals surface area contributed by atoms with Gasteiger partial charge in [-0.15, -0.1) is 0 Å². The molecule has 0 heterocycles. The summed E-state index contributed by atoms with van der Waals surface area (Å²) < 4.78 is 16.9. The van der Waals surface area contributed by atoms with E-state index in [1.54, 1.807) is 0 Å². The van der Waals surface area contributed by atoms with Crippen molar-refractivity contribution in [3.05, 3.63) is 85.1 Å². The monoisotopic (exact) mass is 1110 g/mol. The highest BCUT2D eigenvalue weighted by Crippen LogP contribution is 2.17. The van der Waals surface area contributed by atoms with E-state index in [0.717, 1.165) is 109 Å². The van der Waals surface area contributed by atoms with Crippen molar-refractivity contribution in [2.75, 3.05) is 13.2 Å². The topological polar surface area (TPSA) is 78.9 Å². The predicted octanol–water partition coefficient (Wildman–Crippen LogP) is 23.8. The first kappa shape index (κ1) is 76.6. The zero-order chi connectivity index (χ0) is 57.8. The number of allylic oxidation sites excluding steroid dienone is 14. The molecule has 0 bridgehead atoms. The van der Waals surface area contributed by atoms with Crippen LogP contribution in [0.2, 0.25) is 0 Å². The first-order valence-corrected chi connectivity index (χ1v) is 34.6. The van der Waals surface area contributed by atoms with Crippen LogP contribution in [0.4, 0.5) is 0 Å². The van der Waals surface area contributed by atoms with Crippen LogP contribution in [0.5, 0.6) is 0 Å². The smallest absolute Gasteiger partial charge is 0.306 e. The number of ether oxygens (including phenoxy) is 3. The van der Waals surface area contributed by atoms with Gasteiger partial charge in [0, 0.05) is 19.3 Å². The molecule has 80 heavy (non-hydrogen) atoms. The maximum absolute atomic E-state index is 12.9. The minimum Gasteiger partial charge on any atom is -0.462 e. The van der Waals surface area contributed by atoms with E-state index in [1.807, 2.05) is 0 Å². The summed E-state index contributed by atoms with van der Waals surface area (Å²) in [6, 6.07) is 0. The molecular weight excluding hydrogens is 985 g/mol. The number of hydrogen-bond donors (Lipinski definition) is 0. The maximum atomic E-state index is 12.9. The molecule has 0 N–H and O–H groups in total. The third-order valence-electron chi connectivity index (χ3n) is 15.1. The second kappa shape index (κ2) is 68.1. The van der Waals surface area contributed by atoms with Crippen LogP contribution >= 0.6 is 0 Å². The molecule has 0 aliphatic heterocycles. The molecule has 0 rings (SSSR count). The van der Waals surface area contributed by atoms with Gasteiger partial charge in [0.1, 0.15) is 13.2 Å². The molecule has 0 saturated carbocycles. The molecule has 0 radical (unpaired) electrons. The van der Waals surface area contributed by atoms with Crippen LogP contribution < -0.4 is 0 Å². The van der Waals surface area contributed by atoms with Gasteiger partial charge in [-0.2, -0.15) is 0 Å². The van der Waals surface area contributed by atoms with Gasteiger partial charge >= 0.3 is 17.9 Å². The fourth-order valence-corrected chi connectivity index (χ4v) is 9.93. The summed E-state index contributed by atoms with van der Waals surface area (Å²) in [7, 11) is 0. The molecule has 0 aromatic carbocycles. The average molecular weight is 1120 g/mol. The lowest BCUT2D eigenvalue weighted by Crippen LogP contribution is -2.30. The van der Waals surface area contributed by atoms with E-state index in [4.69, 9.17) is 14.2 Å². The third kappa shape index (κ3) is 65.4. The zero-order valence-electron chi connectivity index (χ0n) is 53.1. The summed E-state index contributed by atoms with van der Waals surface area (Å²) in [6.07, 6.45) is 90.5. The van der Waals surface area contributed by atoms with E-state index in [9.17, 15) is 14.4 Å². The van der Waals surface area contributed by atoms with Crippen molar-refractivity contribution in [1.82, 2.24) is 0 Å². The van der Waals surface area contributed by atoms with E-state index in [0.29, 0.717) is 19.3 Å². The highest BCUT2D eigenvalue weighted by molar-refractivity contribution is 5.71. The minimum atomic E-state index is -0.792. The quantitative estimate of drug-likeness (QED) is 0.0261. The highest BCUT2D eigenvalue weighted by Gasteiger charge is 2.19. The van der Waals surface area contributed by atoms with Gasteiger partial charge < -0.3 is 14.2 Å². The number of hydrogen-bond acceptors (Lipinski definition) is 6. The Labute approximate surface area is 496 Å². The molecule has 0 aromatic rings. The van der Waals surface area contributed by atoms with Crippen LogP contribution in [-0.4, -0.2) is 37.2 Å². The first-order chi connectivity index (χ1) is 39.5. The van der Waals surface area contributed by atoms with Crippen molar-refractivity contribution < 1.29 is 28.6 Å². The molecule has 0 aromatic heterocycles. The van der Waals surface area contributed by atoms with Crippen LogP contribution in [0, 0.1) is 0 Å². The van der Waals surface area contributed by atoms with Gasteiger partial charge in [-0.05, 0) is 116 Å². The average Bonchev–Trinajstić information content (AvgIpc) is 3.46. The fourth-order valence-electron chi connectivity index (χ4n) is 9.93. The Morgan fingerprint density at radius 1 is 0.263 bits per heavy atom. The van der Waals surface area contributed by atoms with Crippen LogP contribution in [-0.2, 0) is 28.6 Å². The van der Waals surface area contributed by atoms with Crippen molar-refractivity contribution in [3.63, 3.8) is 0 Å². The maximum Gasteiger partial charge on any atom is 0.306 e. The van der Waals surface area contributed by atoms with Crippen LogP contribution in [0.1, 0.15) is 348 Å². The summed E-state index contributed by atoms with van der Waals surface area (Å²) in [4.78, 5) is 38.3. The van der Waals surface area contributed by atoms with E-state index in [-0.39, 0.29) is 31.1 Å². The van der Waals surface area contributed by atoms with Crippen molar-refractivity contribution >= 4 is 17.9 Å². The number of carbonyl (C=O) groups is 3. The van der Waals surface area contributed by atoms with Gasteiger partial charge in [-0.25, -0.2) is 0 Å². The van der Waals surface area contributed by atoms with Gasteiger partial charge in [0.15, 0.2) is 6.10 Å². The van der Waals surface area contributed by atoms with Crippen LogP contribution in [0.15, 0.2) is 85.1 Å². The summed E-state index contributed by atoms with van der Waals surface area (Å²) in [5.41, 5.74) is 0. The third-order valence-corrected chi connectivity index (χ3v) is 15.1. The normalized spacial score (nSPS) is 12.6. The molecule has 6 heteroatoms. The number of carbonyl (C=O) groups excluding carboxylic acids is 3. The minimum absolute atomic E-state index is 0.0865. The second-order valence-electron chi connectivity index (χ2n) is 23.1. The largest absolute Gasteiger partial charge is 0.462 e. The number of rotatable bonds is 63. The lowest BCUT2D eigenvalue weighted by Gasteiger charge is -2.18. The SMILES string of the molecule is CC/C=C\C/C=C\C/C=C\CCCCCC(=O)OCC(COC(=O)CCCCCCCCCCCCCCCCCCCC/C=C\C/C=C\C/C=C\CCCCCCC)OC(=O)CCCCCCC/C=C\CCCCCCCCC. The van der Waals surface area contributed by atoms with Crippen molar-refractivity contribution in [1.29, 1.82) is 0 Å². The van der Waals surface area contributed by atoms with E-state index < -0.39 is 6.10 Å². The Kier molecular flexibility index (Phi) is 65.2. The summed E-state index contributed by atoms with van der Waals surface area (Å²) in [5.74, 6) is -0.911. The van der Waals surface area contributed by atoms with Gasteiger partial charge in [0.25, 0.3) is 0 Å². The lowest BCUT2D eigenvalue weighted by molar-refractivity contribution is -0.167. The van der Waals surface area contributed by atoms with Gasteiger partial charge in [-0.1, -0.05) is 298 Å². The Hall–Kier alpha value is -3.41. The molecule has 1 atom stereocenters. The first-order valence-electron chi connectivity index (χ1n) is 34.6. The standard InChI is InChI=1S/C74H130O6/c1-4-7-10-13-16-19-22-25-27-29-30-31-32-33-34-35-36-37-38-39-40-41-42-43-44-45-47-49-52-55-58-61-64-67-73(76)79-70-71(69-78-72(75)66-63-60-57-54-51-48-24-21-18-15-12-9-6-3)80-74(77)68-65-62-59-56-53-50-46-28-26-23-20-17-14-11-8-5-2/h9,12,18,21-22,25,28-30,32-33,46,48,51,71H,4-8,10-11,13-17,19-20,23-24,26-27,31,34-45,47,49-50,52-70H2,1-3H3/b12-9-,21-18-,25-22-,30-29-,33-32-,46-28-,51-48-. The van der Waals surface area contributed by atoms with Crippen molar-refractivity contribution in [2.45, 2.75) is 354 Å². The summed E-state index contributed by atoms with van der Waals surface area (Å²) in [6.45, 7) is 6.51. The fraction of sp³-hybridized carbons (Fsp3) is 0.770. The Bertz CT molecular complexity index is 1520. The van der Waals surface area contributed by atoms with E-state index in [2.05, 4.69) is 106 Å². The molecule has 1 unspecified atom stereocenters. The van der Waals surface area contributed by atoms with E-state index in [1.165, 1.54) is 199 Å². The van der Waals surface area contributed by atoms with Crippen molar-refractivity contribution in [3.8, 4) is 0 Å². The lowest BCUT2D eigenvalue weighted by atomic mass is 10.0. The molecule has 6 nitrogen and oxygen atoms in total. The Morgan fingerprint density at radius 3 is 0.787 bits per heavy atom. The second-order valence-corrected chi connectivity index (χ2v) is 23.1. The molecule has 0 amide bonds. The number of unbranched alkanes of at least 4 members (excludes halogenated alkanes) is 38. The summed E-state index contributed by atoms with van der Waals surface area (Å²) >= 11 is 0. The molecular formula is C74H130O6. The highest BCUT2D eigenvalue weighted by atomic mass is 16.6. The number of esters is 3. The molecule has 0 saturated heterocycles.